The molecule has 0 saturated heterocycles. The predicted octanol–water partition coefficient (Wildman–Crippen LogP) is 8.73. The van der Waals surface area contributed by atoms with Crippen LogP contribution in [0.5, 0.6) is 0 Å². The van der Waals surface area contributed by atoms with E-state index in [1.54, 1.807) is 17.6 Å². The molecule has 3 heterocycles. The number of pyridine rings is 1. The minimum absolute atomic E-state index is 0.130. The summed E-state index contributed by atoms with van der Waals surface area (Å²) < 4.78 is 7.50. The number of rotatable bonds is 15. The zero-order valence-corrected chi connectivity index (χ0v) is 26.5. The Morgan fingerprint density at radius 3 is 2.30 bits per heavy atom. The van der Waals surface area contributed by atoms with Crippen molar-refractivity contribution in [2.75, 3.05) is 6.61 Å². The maximum absolute atomic E-state index is 10.9. The Morgan fingerprint density at radius 2 is 1.56 bits per heavy atom. The van der Waals surface area contributed by atoms with Crippen LogP contribution in [0.3, 0.4) is 0 Å². The minimum Gasteiger partial charge on any atom is -0.464 e. The van der Waals surface area contributed by atoms with Crippen molar-refractivity contribution in [3.63, 3.8) is 0 Å². The summed E-state index contributed by atoms with van der Waals surface area (Å²) in [5.41, 5.74) is 8.26. The van der Waals surface area contributed by atoms with Gasteiger partial charge in [0, 0.05) is 46.0 Å². The SMILES string of the molecule is CCCC(O)Cc1cc(-c2c(CC(CO)CCC)cc(-c3c(CC(O)CCC)ccc4sccc34)c3occc23)ccn1. The molecule has 3 aromatic heterocycles. The number of hydrogen-bond acceptors (Lipinski definition) is 6. The van der Waals surface area contributed by atoms with Gasteiger partial charge < -0.3 is 19.7 Å². The number of aliphatic hydroxyl groups excluding tert-OH is 3. The standard InChI is InChI=1S/C37H45NO4S/c1-4-7-24(23-39)18-27-21-33(36-25(20-29(40)8-5-2)10-11-34-31(36)14-17-43-34)37-32(13-16-42-37)35(27)26-12-15-38-28(19-26)22-30(41)9-6-3/h10-17,19,21,24,29-30,39-41H,4-9,18,20,22-23H2,1-3H3. The summed E-state index contributed by atoms with van der Waals surface area (Å²) in [5.74, 6) is 0.136. The highest BCUT2D eigenvalue weighted by atomic mass is 32.1. The number of thiophene rings is 1. The van der Waals surface area contributed by atoms with Crippen LogP contribution in [-0.2, 0) is 19.3 Å². The Bertz CT molecular complexity index is 1640. The van der Waals surface area contributed by atoms with Gasteiger partial charge in [-0.15, -0.1) is 11.3 Å². The van der Waals surface area contributed by atoms with Gasteiger partial charge in [0.2, 0.25) is 0 Å². The number of hydrogen-bond donors (Lipinski definition) is 3. The fraction of sp³-hybridized carbons (Fsp3) is 0.432. The molecule has 0 fully saturated rings. The maximum Gasteiger partial charge on any atom is 0.142 e. The summed E-state index contributed by atoms with van der Waals surface area (Å²) in [6, 6.07) is 15.0. The molecular weight excluding hydrogens is 554 g/mol. The molecule has 0 aliphatic rings. The second kappa shape index (κ2) is 14.6. The van der Waals surface area contributed by atoms with Gasteiger partial charge >= 0.3 is 0 Å². The van der Waals surface area contributed by atoms with Crippen LogP contribution >= 0.6 is 11.3 Å². The average molecular weight is 600 g/mol. The van der Waals surface area contributed by atoms with Crippen LogP contribution < -0.4 is 0 Å². The number of fused-ring (bicyclic) bond motifs is 2. The van der Waals surface area contributed by atoms with E-state index in [2.05, 4.69) is 67.5 Å². The molecule has 0 radical (unpaired) electrons. The predicted molar refractivity (Wildman–Crippen MR) is 179 cm³/mol. The van der Waals surface area contributed by atoms with E-state index >= 15 is 0 Å². The van der Waals surface area contributed by atoms with Gasteiger partial charge in [-0.05, 0) is 108 Å². The Kier molecular flexibility index (Phi) is 10.7. The van der Waals surface area contributed by atoms with Crippen LogP contribution in [0, 0.1) is 5.92 Å². The first-order chi connectivity index (χ1) is 21.0. The van der Waals surface area contributed by atoms with E-state index < -0.39 is 12.2 Å². The lowest BCUT2D eigenvalue weighted by atomic mass is 9.84. The Balaban J connectivity index is 1.73. The summed E-state index contributed by atoms with van der Waals surface area (Å²) in [7, 11) is 0. The van der Waals surface area contributed by atoms with Crippen LogP contribution in [0.2, 0.25) is 0 Å². The topological polar surface area (TPSA) is 86.7 Å². The van der Waals surface area contributed by atoms with Gasteiger partial charge in [-0.2, -0.15) is 0 Å². The first kappa shape index (κ1) is 31.4. The number of aromatic nitrogens is 1. The number of nitrogens with zero attached hydrogens (tertiary/aromatic N) is 1. The fourth-order valence-corrected chi connectivity index (χ4v) is 7.35. The number of aliphatic hydroxyl groups is 3. The first-order valence-electron chi connectivity index (χ1n) is 15.9. The van der Waals surface area contributed by atoms with Crippen LogP contribution in [0.1, 0.15) is 76.1 Å². The first-order valence-corrected chi connectivity index (χ1v) is 16.8. The van der Waals surface area contributed by atoms with Gasteiger partial charge in [0.1, 0.15) is 5.58 Å². The molecule has 3 unspecified atom stereocenters. The molecule has 6 heteroatoms. The van der Waals surface area contributed by atoms with E-state index in [1.807, 2.05) is 12.3 Å². The normalized spacial score (nSPS) is 14.0. The molecule has 43 heavy (non-hydrogen) atoms. The molecule has 5 rings (SSSR count). The van der Waals surface area contributed by atoms with Crippen LogP contribution in [0.25, 0.3) is 43.3 Å². The zero-order chi connectivity index (χ0) is 30.3. The molecule has 0 amide bonds. The molecule has 228 valence electrons. The highest BCUT2D eigenvalue weighted by molar-refractivity contribution is 7.17. The molecule has 0 spiro atoms. The molecule has 0 aliphatic carbocycles. The van der Waals surface area contributed by atoms with Crippen LogP contribution in [0.15, 0.2) is 64.7 Å². The average Bonchev–Trinajstić information content (AvgIpc) is 3.67. The maximum atomic E-state index is 10.9. The minimum atomic E-state index is -0.417. The quantitative estimate of drug-likeness (QED) is 0.112. The largest absolute Gasteiger partial charge is 0.464 e. The van der Waals surface area contributed by atoms with E-state index in [9.17, 15) is 15.3 Å². The lowest BCUT2D eigenvalue weighted by Gasteiger charge is -2.21. The molecule has 2 aromatic carbocycles. The van der Waals surface area contributed by atoms with Crippen molar-refractivity contribution in [2.45, 2.75) is 90.8 Å². The molecule has 0 aliphatic heterocycles. The molecule has 0 saturated carbocycles. The van der Waals surface area contributed by atoms with E-state index in [0.717, 1.165) is 95.0 Å². The van der Waals surface area contributed by atoms with Crippen molar-refractivity contribution in [2.24, 2.45) is 5.92 Å². The lowest BCUT2D eigenvalue weighted by molar-refractivity contribution is 0.162. The summed E-state index contributed by atoms with van der Waals surface area (Å²) >= 11 is 1.72. The van der Waals surface area contributed by atoms with E-state index in [0.29, 0.717) is 12.8 Å². The van der Waals surface area contributed by atoms with Gasteiger partial charge in [-0.25, -0.2) is 0 Å². The van der Waals surface area contributed by atoms with Crippen molar-refractivity contribution < 1.29 is 19.7 Å². The number of benzene rings is 2. The molecule has 5 nitrogen and oxygen atoms in total. The van der Waals surface area contributed by atoms with Crippen molar-refractivity contribution >= 4 is 32.4 Å². The Morgan fingerprint density at radius 1 is 0.791 bits per heavy atom. The molecular formula is C37H45NO4S. The molecule has 0 bridgehead atoms. The van der Waals surface area contributed by atoms with Crippen LogP contribution in [-0.4, -0.2) is 39.1 Å². The summed E-state index contributed by atoms with van der Waals surface area (Å²) in [4.78, 5) is 4.59. The van der Waals surface area contributed by atoms with Crippen molar-refractivity contribution in [3.05, 3.63) is 77.1 Å². The van der Waals surface area contributed by atoms with Crippen LogP contribution in [0.4, 0.5) is 0 Å². The Hall–Kier alpha value is -3.03. The third kappa shape index (κ3) is 7.04. The van der Waals surface area contributed by atoms with E-state index in [-0.39, 0.29) is 12.5 Å². The highest BCUT2D eigenvalue weighted by Gasteiger charge is 2.23. The fourth-order valence-electron chi connectivity index (χ4n) is 6.55. The van der Waals surface area contributed by atoms with Gasteiger partial charge in [0.05, 0.1) is 18.5 Å². The van der Waals surface area contributed by atoms with Crippen molar-refractivity contribution in [1.82, 2.24) is 4.98 Å². The van der Waals surface area contributed by atoms with Gasteiger partial charge in [0.15, 0.2) is 0 Å². The highest BCUT2D eigenvalue weighted by Crippen LogP contribution is 2.44. The van der Waals surface area contributed by atoms with Gasteiger partial charge in [-0.1, -0.05) is 46.1 Å². The van der Waals surface area contributed by atoms with Crippen molar-refractivity contribution in [1.29, 1.82) is 0 Å². The summed E-state index contributed by atoms with van der Waals surface area (Å²) in [6.45, 7) is 6.48. The van der Waals surface area contributed by atoms with Crippen molar-refractivity contribution in [3.8, 4) is 22.3 Å². The number of furan rings is 1. The second-order valence-corrected chi connectivity index (χ2v) is 12.9. The lowest BCUT2D eigenvalue weighted by Crippen LogP contribution is -2.12. The smallest absolute Gasteiger partial charge is 0.142 e. The zero-order valence-electron chi connectivity index (χ0n) is 25.7. The van der Waals surface area contributed by atoms with E-state index in [4.69, 9.17) is 4.42 Å². The third-order valence-electron chi connectivity index (χ3n) is 8.52. The molecule has 3 atom stereocenters. The van der Waals surface area contributed by atoms with Gasteiger partial charge in [-0.3, -0.25) is 4.98 Å². The summed E-state index contributed by atoms with van der Waals surface area (Å²) in [5, 5.41) is 36.1. The van der Waals surface area contributed by atoms with E-state index in [1.165, 1.54) is 10.1 Å². The molecule has 3 N–H and O–H groups in total. The molecule has 5 aromatic rings. The second-order valence-electron chi connectivity index (χ2n) is 11.9. The summed E-state index contributed by atoms with van der Waals surface area (Å²) in [6.07, 6.45) is 9.91. The Labute approximate surface area is 259 Å². The van der Waals surface area contributed by atoms with Gasteiger partial charge in [0.25, 0.3) is 0 Å². The third-order valence-corrected chi connectivity index (χ3v) is 9.40. The monoisotopic (exact) mass is 599 g/mol.